The molecular formula is C21H28N6O6. The molecule has 1 heterocycles. The van der Waals surface area contributed by atoms with Crippen LogP contribution >= 0.6 is 0 Å². The lowest BCUT2D eigenvalue weighted by Gasteiger charge is -2.33. The number of para-hydroxylation sites is 1. The Labute approximate surface area is 190 Å². The summed E-state index contributed by atoms with van der Waals surface area (Å²) in [5.41, 5.74) is 0.131. The summed E-state index contributed by atoms with van der Waals surface area (Å²) < 4.78 is 6.21. The van der Waals surface area contributed by atoms with E-state index in [2.05, 4.69) is 20.8 Å². The average Bonchev–Trinajstić information content (AvgIpc) is 3.24. The van der Waals surface area contributed by atoms with Crippen molar-refractivity contribution in [1.82, 2.24) is 25.5 Å². The monoisotopic (exact) mass is 460 g/mol. The summed E-state index contributed by atoms with van der Waals surface area (Å²) in [5, 5.41) is 36.2. The Bertz CT molecular complexity index is 974. The molecule has 0 amide bonds. The van der Waals surface area contributed by atoms with E-state index in [0.717, 1.165) is 32.1 Å². The molecule has 0 aliphatic heterocycles. The molecule has 1 aliphatic rings. The second kappa shape index (κ2) is 11.5. The smallest absolute Gasteiger partial charge is 0.327 e. The van der Waals surface area contributed by atoms with E-state index in [1.165, 1.54) is 10.7 Å². The van der Waals surface area contributed by atoms with Crippen molar-refractivity contribution in [1.29, 1.82) is 0 Å². The number of hydrogen-bond acceptors (Lipinski definition) is 9. The van der Waals surface area contributed by atoms with E-state index in [1.54, 1.807) is 25.1 Å². The van der Waals surface area contributed by atoms with Crippen molar-refractivity contribution in [2.24, 2.45) is 5.92 Å². The Morgan fingerprint density at radius 3 is 2.70 bits per heavy atom. The van der Waals surface area contributed by atoms with Crippen molar-refractivity contribution in [3.63, 3.8) is 0 Å². The number of carbonyl (C=O) groups excluding carboxylic acids is 1. The van der Waals surface area contributed by atoms with Crippen LogP contribution in [0.25, 0.3) is 0 Å². The molecule has 2 atom stereocenters. The van der Waals surface area contributed by atoms with Gasteiger partial charge in [0.2, 0.25) is 0 Å². The molecule has 12 nitrogen and oxygen atoms in total. The number of rotatable bonds is 11. The molecule has 2 aromatic rings. The zero-order valence-corrected chi connectivity index (χ0v) is 18.4. The van der Waals surface area contributed by atoms with Crippen LogP contribution in [0.5, 0.6) is 0 Å². The molecule has 1 aromatic heterocycles. The van der Waals surface area contributed by atoms with E-state index >= 15 is 0 Å². The van der Waals surface area contributed by atoms with Crippen molar-refractivity contribution in [3.05, 3.63) is 45.8 Å². The standard InChI is InChI=1S/C21H28N6O6/c1-2-33-19(30)13-26-21(23-24-25-26)20(15-10-6-7-11-17(15)27(31)32)22-16(12-18(28)29)14-8-4-3-5-9-14/h6-7,10-11,14,16,20,22H,2-5,8-9,12-13H2,1H3,(H,28,29). The number of esters is 1. The molecule has 1 fully saturated rings. The summed E-state index contributed by atoms with van der Waals surface area (Å²) in [5.74, 6) is -1.26. The lowest BCUT2D eigenvalue weighted by Crippen LogP contribution is -2.42. The Kier molecular flexibility index (Phi) is 8.41. The first-order valence-corrected chi connectivity index (χ1v) is 11.0. The number of ether oxygens (including phenoxy) is 1. The van der Waals surface area contributed by atoms with Crippen molar-refractivity contribution in [2.45, 2.75) is 64.1 Å². The van der Waals surface area contributed by atoms with Crippen LogP contribution in [0.15, 0.2) is 24.3 Å². The van der Waals surface area contributed by atoms with Crippen molar-refractivity contribution in [3.8, 4) is 0 Å². The molecule has 12 heteroatoms. The molecule has 0 bridgehead atoms. The maximum atomic E-state index is 12.1. The van der Waals surface area contributed by atoms with E-state index in [9.17, 15) is 24.8 Å². The Hall–Kier alpha value is -3.41. The minimum absolute atomic E-state index is 0.0921. The molecular weight excluding hydrogens is 432 g/mol. The number of aromatic nitrogens is 4. The number of nitro groups is 1. The number of tetrazole rings is 1. The third kappa shape index (κ3) is 6.31. The quantitative estimate of drug-likeness (QED) is 0.289. The van der Waals surface area contributed by atoms with Crippen LogP contribution in [0.1, 0.15) is 62.9 Å². The molecule has 2 unspecified atom stereocenters. The van der Waals surface area contributed by atoms with E-state index in [-0.39, 0.29) is 42.6 Å². The minimum Gasteiger partial charge on any atom is -0.481 e. The summed E-state index contributed by atoms with van der Waals surface area (Å²) in [6.07, 6.45) is 4.67. The van der Waals surface area contributed by atoms with Crippen LogP contribution in [0.3, 0.4) is 0 Å². The van der Waals surface area contributed by atoms with Crippen LogP contribution in [0.4, 0.5) is 5.69 Å². The zero-order valence-electron chi connectivity index (χ0n) is 18.4. The number of hydrogen-bond donors (Lipinski definition) is 2. The summed E-state index contributed by atoms with van der Waals surface area (Å²) in [4.78, 5) is 35.0. The number of benzene rings is 1. The SMILES string of the molecule is CCOC(=O)Cn1nnnc1C(NC(CC(=O)O)C1CCCCC1)c1ccccc1[N+](=O)[O-]. The number of carboxylic acid groups (broad SMARTS) is 1. The highest BCUT2D eigenvalue weighted by Gasteiger charge is 2.34. The number of carboxylic acids is 1. The first kappa shape index (κ1) is 24.2. The van der Waals surface area contributed by atoms with Gasteiger partial charge in [-0.25, -0.2) is 4.68 Å². The number of nitro benzene ring substituents is 1. The van der Waals surface area contributed by atoms with Gasteiger partial charge in [-0.3, -0.25) is 25.0 Å². The van der Waals surface area contributed by atoms with Crippen LogP contribution < -0.4 is 5.32 Å². The van der Waals surface area contributed by atoms with Crippen molar-refractivity contribution in [2.75, 3.05) is 6.61 Å². The van der Waals surface area contributed by atoms with Gasteiger partial charge in [0.05, 0.1) is 23.5 Å². The third-order valence-electron chi connectivity index (χ3n) is 5.84. The molecule has 0 saturated heterocycles. The van der Waals surface area contributed by atoms with E-state index in [0.29, 0.717) is 0 Å². The second-order valence-electron chi connectivity index (χ2n) is 8.02. The summed E-state index contributed by atoms with van der Waals surface area (Å²) in [6, 6.07) is 4.80. The Morgan fingerprint density at radius 1 is 1.30 bits per heavy atom. The van der Waals surface area contributed by atoms with Gasteiger partial charge in [-0.1, -0.05) is 37.5 Å². The number of nitrogens with one attached hydrogen (secondary N) is 1. The highest BCUT2D eigenvalue weighted by molar-refractivity contribution is 5.69. The minimum atomic E-state index is -0.967. The number of nitrogens with zero attached hydrogens (tertiary/aromatic N) is 5. The molecule has 178 valence electrons. The first-order chi connectivity index (χ1) is 15.9. The van der Waals surface area contributed by atoms with E-state index in [4.69, 9.17) is 4.74 Å². The fourth-order valence-corrected chi connectivity index (χ4v) is 4.36. The lowest BCUT2D eigenvalue weighted by molar-refractivity contribution is -0.385. The molecule has 0 radical (unpaired) electrons. The summed E-state index contributed by atoms with van der Waals surface area (Å²) in [7, 11) is 0. The lowest BCUT2D eigenvalue weighted by atomic mass is 9.82. The van der Waals surface area contributed by atoms with Gasteiger partial charge in [0.15, 0.2) is 5.82 Å². The highest BCUT2D eigenvalue weighted by Crippen LogP contribution is 2.33. The fraction of sp³-hybridized carbons (Fsp3) is 0.571. The highest BCUT2D eigenvalue weighted by atomic mass is 16.6. The molecule has 33 heavy (non-hydrogen) atoms. The maximum absolute atomic E-state index is 12.1. The van der Waals surface area contributed by atoms with Gasteiger partial charge in [-0.05, 0) is 36.1 Å². The summed E-state index contributed by atoms with van der Waals surface area (Å²) in [6.45, 7) is 1.59. The largest absolute Gasteiger partial charge is 0.481 e. The average molecular weight is 460 g/mol. The van der Waals surface area contributed by atoms with Crippen LogP contribution in [-0.2, 0) is 20.9 Å². The van der Waals surface area contributed by atoms with Crippen LogP contribution in [0.2, 0.25) is 0 Å². The Balaban J connectivity index is 2.03. The fourth-order valence-electron chi connectivity index (χ4n) is 4.36. The predicted molar refractivity (Wildman–Crippen MR) is 115 cm³/mol. The number of aliphatic carboxylic acids is 1. The van der Waals surface area contributed by atoms with Crippen LogP contribution in [-0.4, -0.2) is 54.8 Å². The van der Waals surface area contributed by atoms with Gasteiger partial charge in [0.25, 0.3) is 5.69 Å². The van der Waals surface area contributed by atoms with Gasteiger partial charge in [0.1, 0.15) is 12.6 Å². The topological polar surface area (TPSA) is 162 Å². The molecule has 3 rings (SSSR count). The molecule has 1 saturated carbocycles. The van der Waals surface area contributed by atoms with Gasteiger partial charge < -0.3 is 9.84 Å². The number of carbonyl (C=O) groups is 2. The zero-order chi connectivity index (χ0) is 23.8. The van der Waals surface area contributed by atoms with Crippen molar-refractivity contribution < 1.29 is 24.4 Å². The molecule has 1 aromatic carbocycles. The summed E-state index contributed by atoms with van der Waals surface area (Å²) >= 11 is 0. The van der Waals surface area contributed by atoms with Crippen LogP contribution in [0, 0.1) is 16.0 Å². The molecule has 2 N–H and O–H groups in total. The normalized spacial score (nSPS) is 16.2. The maximum Gasteiger partial charge on any atom is 0.327 e. The molecule has 0 spiro atoms. The first-order valence-electron chi connectivity index (χ1n) is 11.0. The third-order valence-corrected chi connectivity index (χ3v) is 5.84. The molecule has 1 aliphatic carbocycles. The van der Waals surface area contributed by atoms with Crippen molar-refractivity contribution >= 4 is 17.6 Å². The second-order valence-corrected chi connectivity index (χ2v) is 8.02. The van der Waals surface area contributed by atoms with E-state index < -0.39 is 28.9 Å². The van der Waals surface area contributed by atoms with Gasteiger partial charge in [-0.15, -0.1) is 5.10 Å². The van der Waals surface area contributed by atoms with Gasteiger partial charge in [0, 0.05) is 12.1 Å². The Morgan fingerprint density at radius 2 is 2.03 bits per heavy atom. The van der Waals surface area contributed by atoms with E-state index in [1.807, 2.05) is 0 Å². The predicted octanol–water partition coefficient (Wildman–Crippen LogP) is 2.25. The van der Waals surface area contributed by atoms with Gasteiger partial charge >= 0.3 is 11.9 Å². The van der Waals surface area contributed by atoms with Gasteiger partial charge in [-0.2, -0.15) is 0 Å².